The van der Waals surface area contributed by atoms with E-state index in [-0.39, 0.29) is 12.0 Å². The van der Waals surface area contributed by atoms with E-state index in [1.165, 1.54) is 11.1 Å². The zero-order chi connectivity index (χ0) is 11.4. The molecule has 1 fully saturated rings. The maximum Gasteiger partial charge on any atom is 0.0540 e. The number of aryl methyl sites for hydroxylation is 1. The Morgan fingerprint density at radius 3 is 2.56 bits per heavy atom. The van der Waals surface area contributed by atoms with Gasteiger partial charge in [0.15, 0.2) is 0 Å². The quantitative estimate of drug-likeness (QED) is 0.813. The average molecular weight is 219 g/mol. The third kappa shape index (κ3) is 2.13. The van der Waals surface area contributed by atoms with Crippen molar-refractivity contribution in [1.82, 2.24) is 5.32 Å². The molecule has 1 aliphatic rings. The lowest BCUT2D eigenvalue weighted by Gasteiger charge is -2.36. The first-order valence-corrected chi connectivity index (χ1v) is 6.22. The fraction of sp³-hybridized carbons (Fsp3) is 0.571. The van der Waals surface area contributed by atoms with Crippen LogP contribution < -0.4 is 5.32 Å². The Morgan fingerprint density at radius 1 is 1.31 bits per heavy atom. The van der Waals surface area contributed by atoms with Crippen molar-refractivity contribution in [2.24, 2.45) is 0 Å². The first-order valence-electron chi connectivity index (χ1n) is 6.22. The van der Waals surface area contributed by atoms with Crippen molar-refractivity contribution >= 4 is 0 Å². The highest BCUT2D eigenvalue weighted by atomic mass is 16.3. The molecule has 2 heteroatoms. The average Bonchev–Trinajstić information content (AvgIpc) is 2.39. The molecule has 88 valence electrons. The standard InChI is InChI=1S/C14H21NO/c1-2-12-4-6-13(7-5-12)14(11-16)8-3-9-15-10-14/h4-7,15-16H,2-3,8-11H2,1H3. The van der Waals surface area contributed by atoms with Crippen LogP contribution >= 0.6 is 0 Å². The van der Waals surface area contributed by atoms with Gasteiger partial charge in [0.05, 0.1) is 6.61 Å². The van der Waals surface area contributed by atoms with Crippen molar-refractivity contribution in [2.45, 2.75) is 31.6 Å². The first-order chi connectivity index (χ1) is 7.80. The summed E-state index contributed by atoms with van der Waals surface area (Å²) in [4.78, 5) is 0. The summed E-state index contributed by atoms with van der Waals surface area (Å²) in [6, 6.07) is 8.73. The molecule has 1 unspecified atom stereocenters. The summed E-state index contributed by atoms with van der Waals surface area (Å²) in [6.07, 6.45) is 3.31. The first kappa shape index (κ1) is 11.6. The van der Waals surface area contributed by atoms with Gasteiger partial charge in [-0.15, -0.1) is 0 Å². The molecule has 0 amide bonds. The van der Waals surface area contributed by atoms with Gasteiger partial charge in [-0.3, -0.25) is 0 Å². The Labute approximate surface area is 97.7 Å². The predicted octanol–water partition coefficient (Wildman–Crippen LogP) is 1.86. The van der Waals surface area contributed by atoms with Crippen LogP contribution in [0.2, 0.25) is 0 Å². The van der Waals surface area contributed by atoms with Gasteiger partial charge in [0.25, 0.3) is 0 Å². The van der Waals surface area contributed by atoms with Gasteiger partial charge < -0.3 is 10.4 Å². The Hall–Kier alpha value is -0.860. The Bertz CT molecular complexity index is 325. The summed E-state index contributed by atoms with van der Waals surface area (Å²) in [7, 11) is 0. The smallest absolute Gasteiger partial charge is 0.0540 e. The number of hydrogen-bond donors (Lipinski definition) is 2. The minimum atomic E-state index is -0.0511. The topological polar surface area (TPSA) is 32.3 Å². The molecule has 0 saturated carbocycles. The summed E-state index contributed by atoms with van der Waals surface area (Å²) >= 11 is 0. The lowest BCUT2D eigenvalue weighted by molar-refractivity contribution is 0.162. The Morgan fingerprint density at radius 2 is 2.06 bits per heavy atom. The van der Waals surface area contributed by atoms with Gasteiger partial charge >= 0.3 is 0 Å². The fourth-order valence-corrected chi connectivity index (χ4v) is 2.53. The van der Waals surface area contributed by atoms with Crippen molar-refractivity contribution in [1.29, 1.82) is 0 Å². The van der Waals surface area contributed by atoms with Gasteiger partial charge in [-0.2, -0.15) is 0 Å². The third-order valence-electron chi connectivity index (χ3n) is 3.75. The minimum absolute atomic E-state index is 0.0511. The Kier molecular flexibility index (Phi) is 3.62. The Balaban J connectivity index is 2.24. The van der Waals surface area contributed by atoms with E-state index in [9.17, 15) is 5.11 Å². The van der Waals surface area contributed by atoms with Crippen molar-refractivity contribution < 1.29 is 5.11 Å². The second-order valence-electron chi connectivity index (χ2n) is 4.77. The summed E-state index contributed by atoms with van der Waals surface area (Å²) in [6.45, 7) is 4.38. The van der Waals surface area contributed by atoms with Crippen LogP contribution in [0.25, 0.3) is 0 Å². The zero-order valence-corrected chi connectivity index (χ0v) is 10.00. The van der Waals surface area contributed by atoms with Gasteiger partial charge in [-0.1, -0.05) is 31.2 Å². The van der Waals surface area contributed by atoms with Crippen molar-refractivity contribution in [3.05, 3.63) is 35.4 Å². The zero-order valence-electron chi connectivity index (χ0n) is 10.00. The van der Waals surface area contributed by atoms with Gasteiger partial charge in [0, 0.05) is 12.0 Å². The molecule has 1 heterocycles. The van der Waals surface area contributed by atoms with Crippen molar-refractivity contribution in [2.75, 3.05) is 19.7 Å². The van der Waals surface area contributed by atoms with Gasteiger partial charge in [0.1, 0.15) is 0 Å². The number of benzene rings is 1. The number of aliphatic hydroxyl groups excluding tert-OH is 1. The maximum absolute atomic E-state index is 9.68. The normalized spacial score (nSPS) is 25.6. The molecule has 0 aliphatic carbocycles. The molecule has 1 aromatic carbocycles. The highest BCUT2D eigenvalue weighted by molar-refractivity contribution is 5.30. The highest BCUT2D eigenvalue weighted by Gasteiger charge is 2.32. The third-order valence-corrected chi connectivity index (χ3v) is 3.75. The summed E-state index contributed by atoms with van der Waals surface area (Å²) < 4.78 is 0. The molecule has 2 rings (SSSR count). The number of aliphatic hydroxyl groups is 1. The SMILES string of the molecule is CCc1ccc(C2(CO)CCCNC2)cc1. The number of rotatable bonds is 3. The molecule has 1 aromatic rings. The molecular weight excluding hydrogens is 198 g/mol. The van der Waals surface area contributed by atoms with E-state index in [0.717, 1.165) is 32.4 Å². The van der Waals surface area contributed by atoms with Crippen LogP contribution in [0.5, 0.6) is 0 Å². The summed E-state index contributed by atoms with van der Waals surface area (Å²) in [5.41, 5.74) is 2.59. The molecule has 0 radical (unpaired) electrons. The number of piperidine rings is 1. The van der Waals surface area contributed by atoms with E-state index in [4.69, 9.17) is 0 Å². The van der Waals surface area contributed by atoms with Crippen LogP contribution in [0.4, 0.5) is 0 Å². The lowest BCUT2D eigenvalue weighted by atomic mass is 9.75. The molecule has 0 bridgehead atoms. The second-order valence-corrected chi connectivity index (χ2v) is 4.77. The molecule has 1 aliphatic heterocycles. The summed E-state index contributed by atoms with van der Waals surface area (Å²) in [5.74, 6) is 0. The van der Waals surface area contributed by atoms with Gasteiger partial charge in [-0.05, 0) is 36.9 Å². The van der Waals surface area contributed by atoms with Gasteiger partial charge in [-0.25, -0.2) is 0 Å². The van der Waals surface area contributed by atoms with E-state index >= 15 is 0 Å². The van der Waals surface area contributed by atoms with Crippen LogP contribution in [0.3, 0.4) is 0 Å². The number of hydrogen-bond acceptors (Lipinski definition) is 2. The second kappa shape index (κ2) is 4.98. The molecule has 1 atom stereocenters. The van der Waals surface area contributed by atoms with E-state index in [1.807, 2.05) is 0 Å². The van der Waals surface area contributed by atoms with E-state index in [0.29, 0.717) is 0 Å². The maximum atomic E-state index is 9.68. The molecule has 0 aromatic heterocycles. The fourth-order valence-electron chi connectivity index (χ4n) is 2.53. The van der Waals surface area contributed by atoms with Crippen molar-refractivity contribution in [3.63, 3.8) is 0 Å². The van der Waals surface area contributed by atoms with Crippen LogP contribution in [-0.4, -0.2) is 24.8 Å². The van der Waals surface area contributed by atoms with Gasteiger partial charge in [0.2, 0.25) is 0 Å². The molecule has 16 heavy (non-hydrogen) atoms. The molecule has 2 nitrogen and oxygen atoms in total. The van der Waals surface area contributed by atoms with E-state index < -0.39 is 0 Å². The molecule has 1 saturated heterocycles. The minimum Gasteiger partial charge on any atom is -0.395 e. The largest absolute Gasteiger partial charge is 0.395 e. The van der Waals surface area contributed by atoms with Crippen molar-refractivity contribution in [3.8, 4) is 0 Å². The van der Waals surface area contributed by atoms with Crippen LogP contribution in [-0.2, 0) is 11.8 Å². The molecule has 0 spiro atoms. The van der Waals surface area contributed by atoms with Crippen LogP contribution in [0.1, 0.15) is 30.9 Å². The summed E-state index contributed by atoms with van der Waals surface area (Å²) in [5, 5.41) is 13.1. The number of nitrogens with one attached hydrogen (secondary N) is 1. The highest BCUT2D eigenvalue weighted by Crippen LogP contribution is 2.30. The van der Waals surface area contributed by atoms with Crippen LogP contribution in [0, 0.1) is 0 Å². The predicted molar refractivity (Wildman–Crippen MR) is 66.7 cm³/mol. The lowest BCUT2D eigenvalue weighted by Crippen LogP contribution is -2.45. The molecular formula is C14H21NO. The molecule has 2 N–H and O–H groups in total. The van der Waals surface area contributed by atoms with E-state index in [2.05, 4.69) is 36.5 Å². The van der Waals surface area contributed by atoms with Crippen LogP contribution in [0.15, 0.2) is 24.3 Å². The van der Waals surface area contributed by atoms with E-state index in [1.54, 1.807) is 0 Å². The monoisotopic (exact) mass is 219 g/mol.